The van der Waals surface area contributed by atoms with Gasteiger partial charge in [-0.05, 0) is 17.9 Å². The summed E-state index contributed by atoms with van der Waals surface area (Å²) >= 11 is 6.96. The summed E-state index contributed by atoms with van der Waals surface area (Å²) in [4.78, 5) is 1.57. The lowest BCUT2D eigenvalue weighted by Crippen LogP contribution is -2.40. The smallest absolute Gasteiger partial charge is 0.107 e. The maximum Gasteiger partial charge on any atom is 0.107 e. The van der Waals surface area contributed by atoms with Crippen molar-refractivity contribution in [3.63, 3.8) is 0 Å². The lowest BCUT2D eigenvalue weighted by atomic mass is 10.2. The Labute approximate surface area is 123 Å². The maximum absolute atomic E-state index is 5.89. The van der Waals surface area contributed by atoms with E-state index in [1.165, 1.54) is 0 Å². The summed E-state index contributed by atoms with van der Waals surface area (Å²) in [5, 5.41) is 2.14. The van der Waals surface area contributed by atoms with Crippen molar-refractivity contribution in [1.29, 1.82) is 0 Å². The van der Waals surface area contributed by atoms with Gasteiger partial charge in [-0.15, -0.1) is 11.8 Å². The minimum absolute atomic E-state index is 0.437. The van der Waals surface area contributed by atoms with Crippen molar-refractivity contribution in [2.45, 2.75) is 11.8 Å². The number of thioether (sulfide) groups is 1. The Kier molecular flexibility index (Phi) is 5.45. The van der Waals surface area contributed by atoms with Gasteiger partial charge in [0.2, 0.25) is 0 Å². The van der Waals surface area contributed by atoms with Crippen LogP contribution in [-0.4, -0.2) is 42.1 Å². The molecule has 1 fully saturated rings. The molecule has 1 heterocycles. The molecule has 6 heteroatoms. The topological polar surface area (TPSA) is 50.5 Å². The Morgan fingerprint density at radius 2 is 2.21 bits per heavy atom. The van der Waals surface area contributed by atoms with E-state index < -0.39 is 0 Å². The average Bonchev–Trinajstić information content (AvgIpc) is 2.40. The number of nitrogens with two attached hydrogens (primary N) is 1. The highest BCUT2D eigenvalue weighted by Gasteiger charge is 2.15. The van der Waals surface area contributed by atoms with E-state index in [2.05, 4.69) is 23.4 Å². The summed E-state index contributed by atoms with van der Waals surface area (Å²) in [6.45, 7) is 5.34. The average molecular weight is 297 g/mol. The van der Waals surface area contributed by atoms with Crippen LogP contribution in [0.3, 0.4) is 0 Å². The number of hydrazine groups is 1. The molecular weight excluding hydrogens is 278 g/mol. The van der Waals surface area contributed by atoms with Gasteiger partial charge in [-0.2, -0.15) is 0 Å². The molecule has 0 bridgehead atoms. The van der Waals surface area contributed by atoms with Crippen LogP contribution >= 0.6 is 24.0 Å². The highest BCUT2D eigenvalue weighted by molar-refractivity contribution is 7.99. The molecule has 104 valence electrons. The number of thiocarbonyl (C=S) groups is 1. The molecule has 1 aliphatic rings. The van der Waals surface area contributed by atoms with Gasteiger partial charge in [0, 0.05) is 23.5 Å². The quantitative estimate of drug-likeness (QED) is 0.641. The summed E-state index contributed by atoms with van der Waals surface area (Å²) in [7, 11) is 0. The summed E-state index contributed by atoms with van der Waals surface area (Å²) < 4.78 is 5.34. The van der Waals surface area contributed by atoms with Gasteiger partial charge >= 0.3 is 0 Å². The third kappa shape index (κ3) is 3.82. The molecule has 0 radical (unpaired) electrons. The van der Waals surface area contributed by atoms with Crippen molar-refractivity contribution in [3.05, 3.63) is 23.8 Å². The van der Waals surface area contributed by atoms with Crippen molar-refractivity contribution in [2.75, 3.05) is 37.5 Å². The third-order valence-corrected chi connectivity index (χ3v) is 4.01. The number of anilines is 1. The Morgan fingerprint density at radius 1 is 1.47 bits per heavy atom. The minimum Gasteiger partial charge on any atom is -0.389 e. The Hall–Kier alpha value is -0.820. The zero-order valence-corrected chi connectivity index (χ0v) is 12.6. The van der Waals surface area contributed by atoms with Crippen LogP contribution in [0.4, 0.5) is 5.69 Å². The molecule has 0 aliphatic carbocycles. The van der Waals surface area contributed by atoms with Crippen molar-refractivity contribution in [2.24, 2.45) is 5.73 Å². The Morgan fingerprint density at radius 3 is 2.84 bits per heavy atom. The van der Waals surface area contributed by atoms with E-state index in [9.17, 15) is 0 Å². The number of nitrogens with zero attached hydrogens (tertiary/aromatic N) is 1. The van der Waals surface area contributed by atoms with Crippen LogP contribution in [0, 0.1) is 0 Å². The molecule has 0 aromatic heterocycles. The predicted octanol–water partition coefficient (Wildman–Crippen LogP) is 2.09. The SMILES string of the molecule is CCSc1cccc(NN2CCOCC2)c1C(N)=S. The lowest BCUT2D eigenvalue weighted by Gasteiger charge is -2.29. The second-order valence-corrected chi connectivity index (χ2v) is 5.93. The highest BCUT2D eigenvalue weighted by Crippen LogP contribution is 2.28. The molecule has 19 heavy (non-hydrogen) atoms. The molecule has 0 atom stereocenters. The number of hydrogen-bond donors (Lipinski definition) is 2. The first-order valence-corrected chi connectivity index (χ1v) is 7.76. The largest absolute Gasteiger partial charge is 0.389 e. The fraction of sp³-hybridized carbons (Fsp3) is 0.462. The second kappa shape index (κ2) is 7.09. The number of ether oxygens (including phenoxy) is 1. The fourth-order valence-electron chi connectivity index (χ4n) is 2.00. The molecule has 0 spiro atoms. The zero-order valence-electron chi connectivity index (χ0n) is 11.0. The first-order valence-electron chi connectivity index (χ1n) is 6.37. The van der Waals surface area contributed by atoms with Crippen molar-refractivity contribution in [3.8, 4) is 0 Å². The van der Waals surface area contributed by atoms with E-state index in [4.69, 9.17) is 22.7 Å². The summed E-state index contributed by atoms with van der Waals surface area (Å²) in [5.41, 5.74) is 11.2. The monoisotopic (exact) mass is 297 g/mol. The van der Waals surface area contributed by atoms with E-state index in [0.717, 1.165) is 48.2 Å². The second-order valence-electron chi connectivity index (χ2n) is 4.19. The Bertz CT molecular complexity index is 448. The van der Waals surface area contributed by atoms with Gasteiger partial charge < -0.3 is 15.9 Å². The van der Waals surface area contributed by atoms with Crippen LogP contribution in [0.5, 0.6) is 0 Å². The molecule has 4 nitrogen and oxygen atoms in total. The van der Waals surface area contributed by atoms with Gasteiger partial charge in [0.05, 0.1) is 18.9 Å². The summed E-state index contributed by atoms with van der Waals surface area (Å²) in [6.07, 6.45) is 0. The lowest BCUT2D eigenvalue weighted by molar-refractivity contribution is 0.0497. The first kappa shape index (κ1) is 14.6. The van der Waals surface area contributed by atoms with Gasteiger partial charge in [-0.3, -0.25) is 0 Å². The van der Waals surface area contributed by atoms with Crippen LogP contribution in [-0.2, 0) is 4.74 Å². The molecule has 0 amide bonds. The van der Waals surface area contributed by atoms with E-state index >= 15 is 0 Å². The maximum atomic E-state index is 5.89. The van der Waals surface area contributed by atoms with Gasteiger partial charge in [0.25, 0.3) is 0 Å². The van der Waals surface area contributed by atoms with Crippen LogP contribution in [0.2, 0.25) is 0 Å². The fourth-order valence-corrected chi connectivity index (χ4v) is 3.13. The molecular formula is C13H19N3OS2. The summed E-state index contributed by atoms with van der Waals surface area (Å²) in [5.74, 6) is 0.997. The number of nitrogens with one attached hydrogen (secondary N) is 1. The molecule has 2 rings (SSSR count). The molecule has 1 saturated heterocycles. The van der Waals surface area contributed by atoms with Gasteiger partial charge in [-0.25, -0.2) is 5.01 Å². The molecule has 0 saturated carbocycles. The van der Waals surface area contributed by atoms with Crippen LogP contribution in [0.1, 0.15) is 12.5 Å². The molecule has 1 aromatic carbocycles. The van der Waals surface area contributed by atoms with Gasteiger partial charge in [-0.1, -0.05) is 25.2 Å². The van der Waals surface area contributed by atoms with Crippen LogP contribution < -0.4 is 11.2 Å². The van der Waals surface area contributed by atoms with Crippen molar-refractivity contribution in [1.82, 2.24) is 5.01 Å². The first-order chi connectivity index (χ1) is 9.22. The zero-order chi connectivity index (χ0) is 13.7. The standard InChI is InChI=1S/C13H19N3OS2/c1-2-19-11-5-3-4-10(12(11)13(14)18)15-16-6-8-17-9-7-16/h3-5,15H,2,6-9H2,1H3,(H2,14,18). The molecule has 0 unspecified atom stereocenters. The summed E-state index contributed by atoms with van der Waals surface area (Å²) in [6, 6.07) is 6.11. The van der Waals surface area contributed by atoms with E-state index in [1.54, 1.807) is 11.8 Å². The van der Waals surface area contributed by atoms with Crippen molar-refractivity contribution < 1.29 is 4.74 Å². The predicted molar refractivity (Wildman–Crippen MR) is 84.7 cm³/mol. The number of morpholine rings is 1. The van der Waals surface area contributed by atoms with Crippen LogP contribution in [0.25, 0.3) is 0 Å². The van der Waals surface area contributed by atoms with Gasteiger partial charge in [0.15, 0.2) is 0 Å². The molecule has 3 N–H and O–H groups in total. The van der Waals surface area contributed by atoms with E-state index in [1.807, 2.05) is 12.1 Å². The number of hydrogen-bond acceptors (Lipinski definition) is 5. The Balaban J connectivity index is 2.22. The van der Waals surface area contributed by atoms with Gasteiger partial charge in [0.1, 0.15) is 4.99 Å². The van der Waals surface area contributed by atoms with Crippen LogP contribution in [0.15, 0.2) is 23.1 Å². The number of rotatable bonds is 5. The minimum atomic E-state index is 0.437. The number of benzene rings is 1. The third-order valence-electron chi connectivity index (χ3n) is 2.86. The van der Waals surface area contributed by atoms with Crippen molar-refractivity contribution >= 4 is 34.7 Å². The normalized spacial score (nSPS) is 16.3. The van der Waals surface area contributed by atoms with E-state index in [0.29, 0.717) is 4.99 Å². The highest BCUT2D eigenvalue weighted by atomic mass is 32.2. The van der Waals surface area contributed by atoms with E-state index in [-0.39, 0.29) is 0 Å². The molecule has 1 aliphatic heterocycles. The molecule has 1 aromatic rings.